The number of hydrogen-bond acceptors (Lipinski definition) is 4. The van der Waals surface area contributed by atoms with E-state index in [0.29, 0.717) is 5.82 Å². The lowest BCUT2D eigenvalue weighted by Crippen LogP contribution is -2.36. The number of pyridine rings is 2. The molecule has 1 saturated carbocycles. The number of aromatic amines is 1. The SMILES string of the molecule is O=C(C1CCC1)N(c1cccnc1)c1ccc2[nH]ncc2n1. The van der Waals surface area contributed by atoms with Crippen molar-refractivity contribution in [3.63, 3.8) is 0 Å². The molecule has 0 bridgehead atoms. The Kier molecular flexibility index (Phi) is 3.07. The van der Waals surface area contributed by atoms with Gasteiger partial charge in [0.25, 0.3) is 0 Å². The minimum atomic E-state index is 0.0852. The van der Waals surface area contributed by atoms with Crippen molar-refractivity contribution in [3.05, 3.63) is 42.9 Å². The van der Waals surface area contributed by atoms with E-state index in [1.54, 1.807) is 23.5 Å². The van der Waals surface area contributed by atoms with Crippen molar-refractivity contribution in [3.8, 4) is 0 Å². The Morgan fingerprint density at radius 2 is 2.14 bits per heavy atom. The molecule has 1 aliphatic carbocycles. The molecule has 0 saturated heterocycles. The number of nitrogens with one attached hydrogen (secondary N) is 1. The van der Waals surface area contributed by atoms with Gasteiger partial charge in [-0.25, -0.2) is 4.98 Å². The first-order chi connectivity index (χ1) is 10.8. The maximum Gasteiger partial charge on any atom is 0.235 e. The summed E-state index contributed by atoms with van der Waals surface area (Å²) >= 11 is 0. The predicted molar refractivity (Wildman–Crippen MR) is 82.6 cm³/mol. The molecule has 110 valence electrons. The number of amides is 1. The summed E-state index contributed by atoms with van der Waals surface area (Å²) in [4.78, 5) is 23.2. The molecule has 1 aliphatic rings. The van der Waals surface area contributed by atoms with Crippen LogP contribution in [-0.4, -0.2) is 26.1 Å². The highest BCUT2D eigenvalue weighted by Crippen LogP contribution is 2.33. The van der Waals surface area contributed by atoms with Gasteiger partial charge in [0.1, 0.15) is 11.3 Å². The molecule has 0 spiro atoms. The third-order valence-electron chi connectivity index (χ3n) is 4.09. The van der Waals surface area contributed by atoms with E-state index in [2.05, 4.69) is 20.2 Å². The number of nitrogens with zero attached hydrogens (tertiary/aromatic N) is 4. The molecule has 22 heavy (non-hydrogen) atoms. The van der Waals surface area contributed by atoms with E-state index >= 15 is 0 Å². The van der Waals surface area contributed by atoms with Crippen molar-refractivity contribution >= 4 is 28.4 Å². The largest absolute Gasteiger partial charge is 0.276 e. The summed E-state index contributed by atoms with van der Waals surface area (Å²) in [6, 6.07) is 7.43. The van der Waals surface area contributed by atoms with E-state index in [0.717, 1.165) is 36.0 Å². The highest BCUT2D eigenvalue weighted by atomic mass is 16.2. The van der Waals surface area contributed by atoms with Gasteiger partial charge in [-0.2, -0.15) is 5.10 Å². The fraction of sp³-hybridized carbons (Fsp3) is 0.250. The molecule has 0 atom stereocenters. The Morgan fingerprint density at radius 3 is 2.86 bits per heavy atom. The molecule has 1 amide bonds. The standard InChI is InChI=1S/C16H15N5O/c22-16(11-3-1-4-11)21(12-5-2-8-17-9-12)15-7-6-13-14(19-15)10-18-20-13/h2,5-11H,1,3-4H2,(H,18,20). The van der Waals surface area contributed by atoms with Gasteiger partial charge in [0.15, 0.2) is 0 Å². The van der Waals surface area contributed by atoms with Gasteiger partial charge in [-0.1, -0.05) is 6.42 Å². The Bertz CT molecular complexity index is 810. The van der Waals surface area contributed by atoms with Crippen LogP contribution in [0.1, 0.15) is 19.3 Å². The maximum atomic E-state index is 12.8. The zero-order valence-electron chi connectivity index (χ0n) is 11.9. The molecule has 3 heterocycles. The number of fused-ring (bicyclic) bond motifs is 1. The van der Waals surface area contributed by atoms with Gasteiger partial charge in [-0.3, -0.25) is 19.8 Å². The number of H-pyrrole nitrogens is 1. The van der Waals surface area contributed by atoms with Crippen molar-refractivity contribution in [2.24, 2.45) is 5.92 Å². The summed E-state index contributed by atoms with van der Waals surface area (Å²) in [6.07, 6.45) is 8.06. The molecule has 0 aromatic carbocycles. The number of carbonyl (C=O) groups is 1. The molecule has 3 aromatic rings. The lowest BCUT2D eigenvalue weighted by Gasteiger charge is -2.30. The number of anilines is 2. The molecule has 6 heteroatoms. The highest BCUT2D eigenvalue weighted by molar-refractivity contribution is 6.01. The van der Waals surface area contributed by atoms with Gasteiger partial charge in [-0.05, 0) is 37.1 Å². The van der Waals surface area contributed by atoms with Gasteiger partial charge in [0.2, 0.25) is 5.91 Å². The molecule has 3 aromatic heterocycles. The molecule has 6 nitrogen and oxygen atoms in total. The van der Waals surface area contributed by atoms with Gasteiger partial charge in [-0.15, -0.1) is 0 Å². The van der Waals surface area contributed by atoms with Crippen LogP contribution in [0.3, 0.4) is 0 Å². The fourth-order valence-corrected chi connectivity index (χ4v) is 2.64. The van der Waals surface area contributed by atoms with Crippen LogP contribution in [-0.2, 0) is 4.79 Å². The van der Waals surface area contributed by atoms with Crippen LogP contribution in [0.15, 0.2) is 42.9 Å². The minimum Gasteiger partial charge on any atom is -0.276 e. The lowest BCUT2D eigenvalue weighted by molar-refractivity contribution is -0.123. The van der Waals surface area contributed by atoms with Gasteiger partial charge >= 0.3 is 0 Å². The summed E-state index contributed by atoms with van der Waals surface area (Å²) in [5, 5.41) is 6.85. The van der Waals surface area contributed by atoms with Gasteiger partial charge < -0.3 is 0 Å². The predicted octanol–water partition coefficient (Wildman–Crippen LogP) is 2.82. The zero-order chi connectivity index (χ0) is 14.9. The topological polar surface area (TPSA) is 74.8 Å². The first-order valence-electron chi connectivity index (χ1n) is 7.37. The zero-order valence-corrected chi connectivity index (χ0v) is 11.9. The first-order valence-corrected chi connectivity index (χ1v) is 7.37. The first kappa shape index (κ1) is 12.9. The average molecular weight is 293 g/mol. The van der Waals surface area contributed by atoms with Crippen molar-refractivity contribution in [2.45, 2.75) is 19.3 Å². The van der Waals surface area contributed by atoms with E-state index < -0.39 is 0 Å². The van der Waals surface area contributed by atoms with Crippen molar-refractivity contribution in [1.29, 1.82) is 0 Å². The number of rotatable bonds is 3. The normalized spacial score (nSPS) is 14.7. The molecule has 0 radical (unpaired) electrons. The van der Waals surface area contributed by atoms with Crippen LogP contribution in [0, 0.1) is 5.92 Å². The van der Waals surface area contributed by atoms with Crippen LogP contribution < -0.4 is 4.90 Å². The van der Waals surface area contributed by atoms with E-state index in [4.69, 9.17) is 0 Å². The third kappa shape index (κ3) is 2.13. The van der Waals surface area contributed by atoms with Crippen molar-refractivity contribution in [2.75, 3.05) is 4.90 Å². The molecular weight excluding hydrogens is 278 g/mol. The second kappa shape index (κ2) is 5.22. The Balaban J connectivity index is 1.80. The molecule has 0 aliphatic heterocycles. The molecule has 0 unspecified atom stereocenters. The second-order valence-electron chi connectivity index (χ2n) is 5.48. The van der Waals surface area contributed by atoms with Gasteiger partial charge in [0, 0.05) is 12.1 Å². The Hall–Kier alpha value is -2.76. The molecule has 4 rings (SSSR count). The fourth-order valence-electron chi connectivity index (χ4n) is 2.64. The number of carbonyl (C=O) groups excluding carboxylic acids is 1. The van der Waals surface area contributed by atoms with E-state index in [9.17, 15) is 4.79 Å². The molecule has 1 fully saturated rings. The smallest absolute Gasteiger partial charge is 0.235 e. The molecule has 1 N–H and O–H groups in total. The lowest BCUT2D eigenvalue weighted by atomic mass is 9.84. The Morgan fingerprint density at radius 1 is 1.23 bits per heavy atom. The van der Waals surface area contributed by atoms with Crippen LogP contribution in [0.5, 0.6) is 0 Å². The summed E-state index contributed by atoms with van der Waals surface area (Å²) in [7, 11) is 0. The number of aromatic nitrogens is 4. The van der Waals surface area contributed by atoms with Crippen LogP contribution >= 0.6 is 0 Å². The molecular formula is C16H15N5O. The minimum absolute atomic E-state index is 0.0852. The van der Waals surface area contributed by atoms with Crippen LogP contribution in [0.4, 0.5) is 11.5 Å². The van der Waals surface area contributed by atoms with E-state index in [1.165, 1.54) is 0 Å². The average Bonchev–Trinajstić information content (AvgIpc) is 2.94. The second-order valence-corrected chi connectivity index (χ2v) is 5.48. The highest BCUT2D eigenvalue weighted by Gasteiger charge is 2.31. The summed E-state index contributed by atoms with van der Waals surface area (Å²) in [5.74, 6) is 0.787. The quantitative estimate of drug-likeness (QED) is 0.805. The Labute approximate surface area is 127 Å². The van der Waals surface area contributed by atoms with Gasteiger partial charge in [0.05, 0.1) is 23.6 Å². The number of hydrogen-bond donors (Lipinski definition) is 1. The van der Waals surface area contributed by atoms with Crippen LogP contribution in [0.25, 0.3) is 11.0 Å². The summed E-state index contributed by atoms with van der Waals surface area (Å²) in [6.45, 7) is 0. The third-order valence-corrected chi connectivity index (χ3v) is 4.09. The van der Waals surface area contributed by atoms with E-state index in [1.807, 2.05) is 24.3 Å². The maximum absolute atomic E-state index is 12.8. The van der Waals surface area contributed by atoms with Crippen LogP contribution in [0.2, 0.25) is 0 Å². The summed E-state index contributed by atoms with van der Waals surface area (Å²) < 4.78 is 0. The van der Waals surface area contributed by atoms with Crippen molar-refractivity contribution < 1.29 is 4.79 Å². The van der Waals surface area contributed by atoms with E-state index in [-0.39, 0.29) is 11.8 Å². The summed E-state index contributed by atoms with van der Waals surface area (Å²) in [5.41, 5.74) is 2.34. The monoisotopic (exact) mass is 293 g/mol. The van der Waals surface area contributed by atoms with Crippen molar-refractivity contribution in [1.82, 2.24) is 20.2 Å².